The van der Waals surface area contributed by atoms with Crippen molar-refractivity contribution < 1.29 is 4.74 Å². The van der Waals surface area contributed by atoms with E-state index in [2.05, 4.69) is 23.8 Å². The Balaban J connectivity index is 2.49. The molecule has 0 spiro atoms. The second-order valence-corrected chi connectivity index (χ2v) is 4.89. The summed E-state index contributed by atoms with van der Waals surface area (Å²) >= 11 is 5.77. The van der Waals surface area contributed by atoms with Crippen molar-refractivity contribution in [3.63, 3.8) is 0 Å². The van der Waals surface area contributed by atoms with Gasteiger partial charge < -0.3 is 4.74 Å². The van der Waals surface area contributed by atoms with Crippen LogP contribution in [0.4, 0.5) is 0 Å². The molecule has 0 N–H and O–H groups in total. The molecule has 1 aromatic rings. The Morgan fingerprint density at radius 3 is 2.72 bits per heavy atom. The first-order valence-electron chi connectivity index (χ1n) is 6.72. The Bertz CT molecular complexity index is 358. The molecule has 1 unspecified atom stereocenters. The normalized spacial score (nSPS) is 12.4. The summed E-state index contributed by atoms with van der Waals surface area (Å²) in [6, 6.07) is 0.469. The molecule has 0 amide bonds. The molecule has 0 saturated heterocycles. The number of aromatic nitrogens is 2. The van der Waals surface area contributed by atoms with Crippen molar-refractivity contribution in [1.82, 2.24) is 9.97 Å². The van der Waals surface area contributed by atoms with Crippen LogP contribution >= 0.6 is 11.6 Å². The quantitative estimate of drug-likeness (QED) is 0.667. The van der Waals surface area contributed by atoms with Crippen LogP contribution in [0.25, 0.3) is 0 Å². The third kappa shape index (κ3) is 4.81. The average Bonchev–Trinajstić information content (AvgIpc) is 2.39. The molecule has 0 radical (unpaired) electrons. The minimum Gasteiger partial charge on any atom is -0.463 e. The van der Waals surface area contributed by atoms with Crippen molar-refractivity contribution in [3.8, 4) is 6.01 Å². The van der Waals surface area contributed by atoms with E-state index in [1.807, 2.05) is 6.92 Å². The van der Waals surface area contributed by atoms with E-state index in [-0.39, 0.29) is 0 Å². The molecule has 0 bridgehead atoms. The van der Waals surface area contributed by atoms with Crippen LogP contribution < -0.4 is 4.74 Å². The number of unbranched alkanes of at least 4 members (excludes halogenated alkanes) is 1. The molecule has 0 aliphatic rings. The first-order chi connectivity index (χ1) is 8.71. The number of hydrogen-bond acceptors (Lipinski definition) is 3. The standard InChI is InChI=1S/C14H23ClN2O/c1-4-6-7-12(5-2)10-18-14-16-9-13(8-15)11(3)17-14/h9,12H,4-8,10H2,1-3H3. The summed E-state index contributed by atoms with van der Waals surface area (Å²) in [7, 11) is 0. The van der Waals surface area contributed by atoms with E-state index >= 15 is 0 Å². The van der Waals surface area contributed by atoms with Crippen LogP contribution in [-0.2, 0) is 5.88 Å². The highest BCUT2D eigenvalue weighted by molar-refractivity contribution is 6.17. The fourth-order valence-electron chi connectivity index (χ4n) is 1.76. The number of nitrogens with zero attached hydrogens (tertiary/aromatic N) is 2. The molecule has 4 heteroatoms. The topological polar surface area (TPSA) is 35.0 Å². The summed E-state index contributed by atoms with van der Waals surface area (Å²) < 4.78 is 5.67. The molecular weight excluding hydrogens is 248 g/mol. The molecule has 0 aliphatic carbocycles. The van der Waals surface area contributed by atoms with E-state index in [0.717, 1.165) is 17.7 Å². The van der Waals surface area contributed by atoms with Gasteiger partial charge in [0.1, 0.15) is 0 Å². The van der Waals surface area contributed by atoms with Gasteiger partial charge in [0.25, 0.3) is 0 Å². The van der Waals surface area contributed by atoms with Crippen molar-refractivity contribution >= 4 is 11.6 Å². The number of ether oxygens (including phenoxy) is 1. The SMILES string of the molecule is CCCCC(CC)COc1ncc(CCl)c(C)n1. The number of aryl methyl sites for hydroxylation is 1. The molecule has 0 fully saturated rings. The highest BCUT2D eigenvalue weighted by Crippen LogP contribution is 2.15. The molecule has 1 heterocycles. The minimum absolute atomic E-state index is 0.445. The van der Waals surface area contributed by atoms with Crippen LogP contribution in [0.15, 0.2) is 6.20 Å². The predicted octanol–water partition coefficient (Wildman–Crippen LogP) is 4.12. The van der Waals surface area contributed by atoms with E-state index in [1.54, 1.807) is 6.20 Å². The smallest absolute Gasteiger partial charge is 0.316 e. The highest BCUT2D eigenvalue weighted by atomic mass is 35.5. The minimum atomic E-state index is 0.445. The second-order valence-electron chi connectivity index (χ2n) is 4.62. The van der Waals surface area contributed by atoms with Crippen molar-refractivity contribution in [2.24, 2.45) is 5.92 Å². The van der Waals surface area contributed by atoms with E-state index < -0.39 is 0 Å². The van der Waals surface area contributed by atoms with Gasteiger partial charge in [-0.3, -0.25) is 0 Å². The maximum Gasteiger partial charge on any atom is 0.316 e. The number of alkyl halides is 1. The van der Waals surface area contributed by atoms with Gasteiger partial charge in [0.05, 0.1) is 12.5 Å². The van der Waals surface area contributed by atoms with Gasteiger partial charge in [-0.05, 0) is 19.3 Å². The van der Waals surface area contributed by atoms with Gasteiger partial charge in [-0.2, -0.15) is 0 Å². The molecule has 0 aliphatic heterocycles. The lowest BCUT2D eigenvalue weighted by Crippen LogP contribution is -2.13. The lowest BCUT2D eigenvalue weighted by Gasteiger charge is -2.14. The third-order valence-electron chi connectivity index (χ3n) is 3.19. The first kappa shape index (κ1) is 15.2. The molecule has 3 nitrogen and oxygen atoms in total. The summed E-state index contributed by atoms with van der Waals surface area (Å²) in [6.45, 7) is 7.05. The van der Waals surface area contributed by atoms with Gasteiger partial charge >= 0.3 is 6.01 Å². The van der Waals surface area contributed by atoms with Gasteiger partial charge in [0.2, 0.25) is 0 Å². The van der Waals surface area contributed by atoms with Gasteiger partial charge in [0, 0.05) is 17.5 Å². The van der Waals surface area contributed by atoms with E-state index in [1.165, 1.54) is 19.3 Å². The fourth-order valence-corrected chi connectivity index (χ4v) is 2.02. The maximum absolute atomic E-state index is 5.77. The summed E-state index contributed by atoms with van der Waals surface area (Å²) in [6.07, 6.45) is 6.59. The zero-order chi connectivity index (χ0) is 13.4. The molecule has 1 aromatic heterocycles. The number of rotatable bonds is 8. The number of hydrogen-bond donors (Lipinski definition) is 0. The van der Waals surface area contributed by atoms with Crippen molar-refractivity contribution in [2.45, 2.75) is 52.3 Å². The number of halogens is 1. The lowest BCUT2D eigenvalue weighted by atomic mass is 10.0. The third-order valence-corrected chi connectivity index (χ3v) is 3.48. The van der Waals surface area contributed by atoms with Gasteiger partial charge in [-0.15, -0.1) is 11.6 Å². The first-order valence-corrected chi connectivity index (χ1v) is 7.25. The van der Waals surface area contributed by atoms with Crippen molar-refractivity contribution in [2.75, 3.05) is 6.61 Å². The van der Waals surface area contributed by atoms with Crippen molar-refractivity contribution in [1.29, 1.82) is 0 Å². The Labute approximate surface area is 115 Å². The van der Waals surface area contributed by atoms with Crippen LogP contribution in [0.2, 0.25) is 0 Å². The molecular formula is C14H23ClN2O. The monoisotopic (exact) mass is 270 g/mol. The lowest BCUT2D eigenvalue weighted by molar-refractivity contribution is 0.217. The summed E-state index contributed by atoms with van der Waals surface area (Å²) in [5.41, 5.74) is 1.86. The van der Waals surface area contributed by atoms with Gasteiger partial charge in [-0.25, -0.2) is 9.97 Å². The van der Waals surface area contributed by atoms with Gasteiger partial charge in [-0.1, -0.05) is 33.1 Å². The zero-order valence-corrected chi connectivity index (χ0v) is 12.3. The maximum atomic E-state index is 5.77. The summed E-state index contributed by atoms with van der Waals surface area (Å²) in [4.78, 5) is 8.49. The van der Waals surface area contributed by atoms with Crippen LogP contribution in [0.1, 0.15) is 50.8 Å². The fraction of sp³-hybridized carbons (Fsp3) is 0.714. The van der Waals surface area contributed by atoms with Gasteiger partial charge in [0.15, 0.2) is 0 Å². The van der Waals surface area contributed by atoms with Crippen LogP contribution in [0.3, 0.4) is 0 Å². The summed E-state index contributed by atoms with van der Waals surface area (Å²) in [5, 5.41) is 0. The molecule has 0 aromatic carbocycles. The van der Waals surface area contributed by atoms with Crippen molar-refractivity contribution in [3.05, 3.63) is 17.5 Å². The van der Waals surface area contributed by atoms with Crippen LogP contribution in [-0.4, -0.2) is 16.6 Å². The highest BCUT2D eigenvalue weighted by Gasteiger charge is 2.09. The molecule has 0 saturated carbocycles. The Kier molecular flexibility index (Phi) is 7.02. The van der Waals surface area contributed by atoms with Crippen LogP contribution in [0, 0.1) is 12.8 Å². The van der Waals surface area contributed by atoms with E-state index in [4.69, 9.17) is 16.3 Å². The van der Waals surface area contributed by atoms with E-state index in [9.17, 15) is 0 Å². The largest absolute Gasteiger partial charge is 0.463 e. The van der Waals surface area contributed by atoms with Crippen LogP contribution in [0.5, 0.6) is 6.01 Å². The summed E-state index contributed by atoms with van der Waals surface area (Å²) in [5.74, 6) is 1.04. The predicted molar refractivity (Wildman–Crippen MR) is 75.1 cm³/mol. The Morgan fingerprint density at radius 1 is 1.39 bits per heavy atom. The molecule has 1 rings (SSSR count). The molecule has 18 heavy (non-hydrogen) atoms. The second kappa shape index (κ2) is 8.30. The molecule has 1 atom stereocenters. The Hall–Kier alpha value is -0.830. The Morgan fingerprint density at radius 2 is 2.17 bits per heavy atom. The van der Waals surface area contributed by atoms with E-state index in [0.29, 0.717) is 24.4 Å². The average molecular weight is 271 g/mol. The molecule has 102 valence electrons. The zero-order valence-electron chi connectivity index (χ0n) is 11.6.